The normalized spacial score (nSPS) is 23.6. The number of piperidine rings is 1. The molecule has 0 radical (unpaired) electrons. The number of hydrogen-bond donors (Lipinski definition) is 5. The number of urea groups is 1. The molecule has 1 aromatic carbocycles. The summed E-state index contributed by atoms with van der Waals surface area (Å²) in [6.45, 7) is 21.4. The SMILES string of the molecule is CC(C)(C)c1c(NC[C@@H](NC(=O)N[C@H](C(=O)N2C[C@H]3[C@@H]([C@H]2C(=O)NC(CC2CC2)C(=O)C(N)=O)C3(C)C)C(C)(C)C)C(C)(C)C)c(=O)c1=O. The molecule has 0 aromatic heterocycles. The van der Waals surface area contributed by atoms with Gasteiger partial charge in [-0.2, -0.15) is 0 Å². The Morgan fingerprint density at radius 1 is 0.878 bits per heavy atom. The lowest BCUT2D eigenvalue weighted by Gasteiger charge is -2.39. The van der Waals surface area contributed by atoms with Crippen LogP contribution in [0.25, 0.3) is 0 Å². The molecule has 13 nitrogen and oxygen atoms in total. The highest BCUT2D eigenvalue weighted by Crippen LogP contribution is 2.65. The Hall–Kier alpha value is -3.77. The molecule has 13 heteroatoms. The minimum atomic E-state index is -1.11. The lowest BCUT2D eigenvalue weighted by atomic mass is 9.82. The quantitative estimate of drug-likeness (QED) is 0.206. The van der Waals surface area contributed by atoms with Crippen LogP contribution >= 0.6 is 0 Å². The Morgan fingerprint density at radius 2 is 1.47 bits per heavy atom. The van der Waals surface area contributed by atoms with E-state index in [1.54, 1.807) is 0 Å². The molecule has 1 heterocycles. The highest BCUT2D eigenvalue weighted by atomic mass is 16.2. The number of ketones is 1. The number of nitrogens with two attached hydrogens (primary N) is 1. The van der Waals surface area contributed by atoms with Crippen LogP contribution in [0.5, 0.6) is 0 Å². The van der Waals surface area contributed by atoms with Gasteiger partial charge in [-0.3, -0.25) is 28.8 Å². The number of carbonyl (C=O) groups excluding carboxylic acids is 5. The van der Waals surface area contributed by atoms with Gasteiger partial charge in [-0.05, 0) is 45.8 Å². The van der Waals surface area contributed by atoms with Crippen LogP contribution in [0.1, 0.15) is 101 Å². The second kappa shape index (κ2) is 12.8. The van der Waals surface area contributed by atoms with Crippen molar-refractivity contribution in [3.63, 3.8) is 0 Å². The molecule has 2 saturated carbocycles. The number of likely N-dealkylation sites (tertiary alicyclic amines) is 1. The predicted octanol–water partition coefficient (Wildman–Crippen LogP) is 1.94. The number of rotatable bonds is 12. The molecule has 5 amide bonds. The fraction of sp³-hybridized carbons (Fsp3) is 0.750. The van der Waals surface area contributed by atoms with Crippen LogP contribution < -0.4 is 37.9 Å². The first-order chi connectivity index (χ1) is 22.3. The standard InChI is InChI=1S/C36H56N6O7/c1-33(2,3)20(15-38-23-22(34(4,5)6)26(44)27(23)45)40-32(49)41-28(35(7,8)9)31(48)42-16-18-21(36(18,10)11)24(42)30(47)39-19(14-17-12-13-17)25(43)29(37)46/h17-21,24,28,38H,12-16H2,1-11H3,(H2,37,46)(H,39,47)(H2,40,41,49)/t18-,19?,20+,21-,24-,28+/m0/s1. The van der Waals surface area contributed by atoms with E-state index >= 15 is 0 Å². The van der Waals surface area contributed by atoms with Crippen molar-refractivity contribution < 1.29 is 24.0 Å². The number of amides is 5. The van der Waals surface area contributed by atoms with Crippen LogP contribution in [0, 0.1) is 34.0 Å². The molecule has 0 bridgehead atoms. The molecular weight excluding hydrogens is 628 g/mol. The maximum absolute atomic E-state index is 14.4. The molecule has 1 aliphatic heterocycles. The monoisotopic (exact) mass is 684 g/mol. The Bertz CT molecular complexity index is 1580. The molecule has 1 saturated heterocycles. The molecule has 6 N–H and O–H groups in total. The van der Waals surface area contributed by atoms with Crippen molar-refractivity contribution in [1.29, 1.82) is 0 Å². The molecule has 49 heavy (non-hydrogen) atoms. The minimum absolute atomic E-state index is 0.0557. The van der Waals surface area contributed by atoms with E-state index in [0.717, 1.165) is 12.8 Å². The third kappa shape index (κ3) is 7.85. The lowest BCUT2D eigenvalue weighted by molar-refractivity contribution is -0.145. The second-order valence-electron chi connectivity index (χ2n) is 18.2. The number of nitrogens with one attached hydrogen (secondary N) is 4. The third-order valence-corrected chi connectivity index (χ3v) is 10.8. The second-order valence-corrected chi connectivity index (χ2v) is 18.2. The van der Waals surface area contributed by atoms with Crippen LogP contribution in [0.2, 0.25) is 0 Å². The van der Waals surface area contributed by atoms with E-state index in [1.165, 1.54) is 4.90 Å². The number of carbonyl (C=O) groups is 5. The van der Waals surface area contributed by atoms with Gasteiger partial charge in [-0.25, -0.2) is 4.79 Å². The zero-order valence-corrected chi connectivity index (χ0v) is 31.0. The maximum atomic E-state index is 14.4. The molecule has 1 unspecified atom stereocenters. The van der Waals surface area contributed by atoms with E-state index in [4.69, 9.17) is 5.73 Å². The van der Waals surface area contributed by atoms with E-state index < -0.39 is 80.8 Å². The van der Waals surface area contributed by atoms with E-state index in [1.807, 2.05) is 76.2 Å². The average molecular weight is 685 g/mol. The fourth-order valence-electron chi connectivity index (χ4n) is 7.36. The van der Waals surface area contributed by atoms with Crippen LogP contribution in [0.15, 0.2) is 9.59 Å². The predicted molar refractivity (Wildman–Crippen MR) is 186 cm³/mol. The Balaban J connectivity index is 1.51. The van der Waals surface area contributed by atoms with Crippen LogP contribution in [0.3, 0.4) is 0 Å². The van der Waals surface area contributed by atoms with Crippen molar-refractivity contribution in [3.05, 3.63) is 26.0 Å². The third-order valence-electron chi connectivity index (χ3n) is 10.8. The van der Waals surface area contributed by atoms with E-state index in [-0.39, 0.29) is 35.4 Å². The number of anilines is 1. The minimum Gasteiger partial charge on any atom is -0.379 e. The molecule has 1 aromatic rings. The fourth-order valence-corrected chi connectivity index (χ4v) is 7.36. The maximum Gasteiger partial charge on any atom is 0.315 e. The van der Waals surface area contributed by atoms with Gasteiger partial charge in [0.05, 0.1) is 17.8 Å². The zero-order chi connectivity index (χ0) is 37.2. The summed E-state index contributed by atoms with van der Waals surface area (Å²) in [5.41, 5.74) is 2.94. The van der Waals surface area contributed by atoms with Crippen LogP contribution in [0.4, 0.5) is 10.5 Å². The molecular formula is C36H56N6O7. The number of nitrogens with zero attached hydrogens (tertiary/aromatic N) is 1. The van der Waals surface area contributed by atoms with Crippen molar-refractivity contribution in [1.82, 2.24) is 20.9 Å². The summed E-state index contributed by atoms with van der Waals surface area (Å²) >= 11 is 0. The van der Waals surface area contributed by atoms with Gasteiger partial charge in [0.1, 0.15) is 12.1 Å². The van der Waals surface area contributed by atoms with Crippen molar-refractivity contribution in [2.45, 2.75) is 125 Å². The first kappa shape index (κ1) is 38.0. The molecule has 0 spiro atoms. The van der Waals surface area contributed by atoms with E-state index in [9.17, 15) is 33.6 Å². The van der Waals surface area contributed by atoms with Crippen LogP contribution in [-0.2, 0) is 24.6 Å². The van der Waals surface area contributed by atoms with Gasteiger partial charge < -0.3 is 31.9 Å². The zero-order valence-electron chi connectivity index (χ0n) is 31.0. The molecule has 6 atom stereocenters. The largest absolute Gasteiger partial charge is 0.379 e. The summed E-state index contributed by atoms with van der Waals surface area (Å²) < 4.78 is 0. The number of fused-ring (bicyclic) bond motifs is 1. The highest BCUT2D eigenvalue weighted by molar-refractivity contribution is 6.37. The van der Waals surface area contributed by atoms with Gasteiger partial charge in [0.25, 0.3) is 5.91 Å². The molecule has 2 aliphatic carbocycles. The first-order valence-corrected chi connectivity index (χ1v) is 17.4. The van der Waals surface area contributed by atoms with E-state index in [2.05, 4.69) is 21.3 Å². The van der Waals surface area contributed by atoms with Crippen LogP contribution in [-0.4, -0.2) is 71.7 Å². The molecule has 272 valence electrons. The number of primary amides is 1. The summed E-state index contributed by atoms with van der Waals surface area (Å²) in [6, 6.07) is -4.07. The van der Waals surface area contributed by atoms with Crippen molar-refractivity contribution >= 4 is 35.2 Å². The van der Waals surface area contributed by atoms with Gasteiger partial charge >= 0.3 is 6.03 Å². The number of hydrogen-bond acceptors (Lipinski definition) is 8. The number of Topliss-reactive ketones (excluding diaryl/α,β-unsaturated/α-hetero) is 1. The van der Waals surface area contributed by atoms with E-state index in [0.29, 0.717) is 18.5 Å². The Morgan fingerprint density at radius 3 is 1.96 bits per heavy atom. The molecule has 4 rings (SSSR count). The smallest absolute Gasteiger partial charge is 0.315 e. The van der Waals surface area contributed by atoms with Gasteiger partial charge in [0.2, 0.25) is 28.5 Å². The molecule has 3 fully saturated rings. The highest BCUT2D eigenvalue weighted by Gasteiger charge is 2.70. The van der Waals surface area contributed by atoms with Crippen molar-refractivity contribution in [2.75, 3.05) is 18.4 Å². The van der Waals surface area contributed by atoms with Gasteiger partial charge in [-0.15, -0.1) is 0 Å². The van der Waals surface area contributed by atoms with Crippen molar-refractivity contribution in [3.8, 4) is 0 Å². The van der Waals surface area contributed by atoms with Gasteiger partial charge in [0, 0.05) is 18.7 Å². The lowest BCUT2D eigenvalue weighted by Crippen LogP contribution is -2.62. The summed E-state index contributed by atoms with van der Waals surface area (Å²) in [4.78, 5) is 92.5. The summed E-state index contributed by atoms with van der Waals surface area (Å²) in [5.74, 6) is -2.75. The van der Waals surface area contributed by atoms with Crippen molar-refractivity contribution in [2.24, 2.45) is 39.7 Å². The topological polar surface area (TPSA) is 197 Å². The van der Waals surface area contributed by atoms with Gasteiger partial charge in [-0.1, -0.05) is 89.0 Å². The molecule has 3 aliphatic rings. The average Bonchev–Trinajstić information content (AvgIpc) is 3.81. The Kier molecular flexibility index (Phi) is 9.97. The Labute approximate surface area is 289 Å². The summed E-state index contributed by atoms with van der Waals surface area (Å²) in [5, 5.41) is 11.7. The summed E-state index contributed by atoms with van der Waals surface area (Å²) in [6.07, 6.45) is 2.14. The summed E-state index contributed by atoms with van der Waals surface area (Å²) in [7, 11) is 0. The first-order valence-electron chi connectivity index (χ1n) is 17.4. The van der Waals surface area contributed by atoms with Gasteiger partial charge in [0.15, 0.2) is 0 Å².